The van der Waals surface area contributed by atoms with E-state index in [1.54, 1.807) is 61.9 Å². The second kappa shape index (κ2) is 7.64. The van der Waals surface area contributed by atoms with Crippen LogP contribution < -0.4 is 10.7 Å². The lowest BCUT2D eigenvalue weighted by atomic mass is 10.1. The Morgan fingerprint density at radius 1 is 1.21 bits per heavy atom. The van der Waals surface area contributed by atoms with Crippen molar-refractivity contribution in [3.05, 3.63) is 75.3 Å². The Morgan fingerprint density at radius 3 is 2.68 bits per heavy atom. The van der Waals surface area contributed by atoms with Gasteiger partial charge in [0.15, 0.2) is 5.43 Å². The third-order valence-electron chi connectivity index (χ3n) is 4.01. The third kappa shape index (κ3) is 4.51. The first kappa shape index (κ1) is 19.9. The van der Waals surface area contributed by atoms with Crippen LogP contribution in [0.5, 0.6) is 0 Å². The fraction of sp³-hybridized carbons (Fsp3) is 0.238. The van der Waals surface area contributed by atoms with Crippen molar-refractivity contribution in [2.24, 2.45) is 0 Å². The van der Waals surface area contributed by atoms with Crippen molar-refractivity contribution in [1.29, 1.82) is 0 Å². The summed E-state index contributed by atoms with van der Waals surface area (Å²) >= 11 is 6.08. The van der Waals surface area contributed by atoms with E-state index in [2.05, 4.69) is 5.32 Å². The maximum atomic E-state index is 14.4. The third-order valence-corrected chi connectivity index (χ3v) is 4.24. The predicted molar refractivity (Wildman–Crippen MR) is 109 cm³/mol. The minimum Gasteiger partial charge on any atom is -0.444 e. The van der Waals surface area contributed by atoms with E-state index in [0.717, 1.165) is 0 Å². The number of hydrogen-bond donors (Lipinski definition) is 1. The monoisotopic (exact) mass is 402 g/mol. The minimum absolute atomic E-state index is 0.0330. The first-order chi connectivity index (χ1) is 13.1. The highest BCUT2D eigenvalue weighted by Crippen LogP contribution is 2.24. The van der Waals surface area contributed by atoms with E-state index >= 15 is 0 Å². The molecule has 0 aliphatic heterocycles. The number of fused-ring (bicyclic) bond motifs is 1. The van der Waals surface area contributed by atoms with E-state index < -0.39 is 17.5 Å². The number of pyridine rings is 1. The van der Waals surface area contributed by atoms with Gasteiger partial charge < -0.3 is 9.30 Å². The molecule has 0 unspecified atom stereocenters. The normalized spacial score (nSPS) is 11.5. The number of ether oxygens (including phenoxy) is 1. The molecule has 5 nitrogen and oxygen atoms in total. The number of hydrogen-bond acceptors (Lipinski definition) is 3. The molecule has 1 amide bonds. The summed E-state index contributed by atoms with van der Waals surface area (Å²) in [4.78, 5) is 24.2. The first-order valence-electron chi connectivity index (χ1n) is 8.70. The zero-order valence-electron chi connectivity index (χ0n) is 15.8. The van der Waals surface area contributed by atoms with Gasteiger partial charge in [-0.3, -0.25) is 10.1 Å². The van der Waals surface area contributed by atoms with Gasteiger partial charge in [-0.2, -0.15) is 0 Å². The Balaban J connectivity index is 2.00. The van der Waals surface area contributed by atoms with Crippen molar-refractivity contribution in [2.45, 2.75) is 32.9 Å². The Morgan fingerprint density at radius 2 is 1.96 bits per heavy atom. The molecule has 0 saturated heterocycles. The molecular weight excluding hydrogens is 383 g/mol. The van der Waals surface area contributed by atoms with Crippen LogP contribution in [0.1, 0.15) is 26.3 Å². The molecule has 28 heavy (non-hydrogen) atoms. The molecule has 7 heteroatoms. The fourth-order valence-electron chi connectivity index (χ4n) is 2.85. The fourth-order valence-corrected chi connectivity index (χ4v) is 3.01. The van der Waals surface area contributed by atoms with Gasteiger partial charge in [-0.25, -0.2) is 9.18 Å². The van der Waals surface area contributed by atoms with Crippen LogP contribution in [0.4, 0.5) is 14.9 Å². The van der Waals surface area contributed by atoms with Crippen LogP contribution in [-0.4, -0.2) is 16.3 Å². The average molecular weight is 403 g/mol. The SMILES string of the molecule is CC(C)(C)OC(=O)Nc1c(F)cccc1Cn1ccc(=O)c2ccc(Cl)cc21. The van der Waals surface area contributed by atoms with Crippen LogP contribution in [0.15, 0.2) is 53.5 Å². The van der Waals surface area contributed by atoms with Gasteiger partial charge in [0, 0.05) is 29.2 Å². The van der Waals surface area contributed by atoms with E-state index in [-0.39, 0.29) is 17.7 Å². The highest BCUT2D eigenvalue weighted by Gasteiger charge is 2.19. The van der Waals surface area contributed by atoms with Gasteiger partial charge in [0.05, 0.1) is 11.2 Å². The van der Waals surface area contributed by atoms with Crippen molar-refractivity contribution in [1.82, 2.24) is 4.57 Å². The number of halogens is 2. The topological polar surface area (TPSA) is 60.3 Å². The molecule has 1 heterocycles. The van der Waals surface area contributed by atoms with Gasteiger partial charge in [0.1, 0.15) is 11.4 Å². The van der Waals surface area contributed by atoms with Crippen LogP contribution in [0, 0.1) is 5.82 Å². The Labute approximate surface area is 166 Å². The molecule has 146 valence electrons. The van der Waals surface area contributed by atoms with Crippen LogP contribution in [0.3, 0.4) is 0 Å². The molecule has 2 aromatic carbocycles. The van der Waals surface area contributed by atoms with Crippen molar-refractivity contribution in [3.8, 4) is 0 Å². The molecule has 0 bridgehead atoms. The second-order valence-corrected chi connectivity index (χ2v) is 7.81. The van der Waals surface area contributed by atoms with E-state index in [0.29, 0.717) is 21.5 Å². The molecule has 0 atom stereocenters. The summed E-state index contributed by atoms with van der Waals surface area (Å²) in [7, 11) is 0. The van der Waals surface area contributed by atoms with Crippen molar-refractivity contribution < 1.29 is 13.9 Å². The highest BCUT2D eigenvalue weighted by atomic mass is 35.5. The zero-order valence-corrected chi connectivity index (χ0v) is 16.5. The number of aromatic nitrogens is 1. The maximum Gasteiger partial charge on any atom is 0.412 e. The zero-order chi connectivity index (χ0) is 20.5. The number of nitrogens with zero attached hydrogens (tertiary/aromatic N) is 1. The molecule has 0 spiro atoms. The molecule has 3 rings (SSSR count). The number of para-hydroxylation sites is 1. The molecule has 0 fully saturated rings. The molecule has 3 aromatic rings. The smallest absolute Gasteiger partial charge is 0.412 e. The predicted octanol–water partition coefficient (Wildman–Crippen LogP) is 5.19. The quantitative estimate of drug-likeness (QED) is 0.655. The number of carbonyl (C=O) groups excluding carboxylic acids is 1. The van der Waals surface area contributed by atoms with Crippen LogP contribution in [0.2, 0.25) is 5.02 Å². The lowest BCUT2D eigenvalue weighted by molar-refractivity contribution is 0.0635. The maximum absolute atomic E-state index is 14.4. The highest BCUT2D eigenvalue weighted by molar-refractivity contribution is 6.31. The number of rotatable bonds is 3. The molecule has 0 radical (unpaired) electrons. The number of amides is 1. The molecule has 1 aromatic heterocycles. The van der Waals surface area contributed by atoms with Crippen molar-refractivity contribution in [2.75, 3.05) is 5.32 Å². The Hall–Kier alpha value is -2.86. The first-order valence-corrected chi connectivity index (χ1v) is 9.08. The molecule has 0 aliphatic carbocycles. The standard InChI is InChI=1S/C21H20ClFN2O3/c1-21(2,3)28-20(27)24-19-13(5-4-6-16(19)23)12-25-10-9-18(26)15-8-7-14(22)11-17(15)25/h4-11H,12H2,1-3H3,(H,24,27). The largest absolute Gasteiger partial charge is 0.444 e. The van der Waals surface area contributed by atoms with Crippen molar-refractivity contribution >= 4 is 34.3 Å². The lowest BCUT2D eigenvalue weighted by Gasteiger charge is -2.21. The van der Waals surface area contributed by atoms with Gasteiger partial charge in [-0.15, -0.1) is 0 Å². The summed E-state index contributed by atoms with van der Waals surface area (Å²) in [5, 5.41) is 3.48. The molecule has 0 saturated carbocycles. The van der Waals surface area contributed by atoms with E-state index in [4.69, 9.17) is 16.3 Å². The number of anilines is 1. The van der Waals surface area contributed by atoms with E-state index in [9.17, 15) is 14.0 Å². The summed E-state index contributed by atoms with van der Waals surface area (Å²) in [6, 6.07) is 10.9. The summed E-state index contributed by atoms with van der Waals surface area (Å²) in [6.07, 6.45) is 0.870. The minimum atomic E-state index is -0.744. The number of nitrogens with one attached hydrogen (secondary N) is 1. The van der Waals surface area contributed by atoms with Gasteiger partial charge in [-0.1, -0.05) is 23.7 Å². The van der Waals surface area contributed by atoms with Gasteiger partial charge in [0.25, 0.3) is 0 Å². The van der Waals surface area contributed by atoms with Crippen LogP contribution in [0.25, 0.3) is 10.9 Å². The van der Waals surface area contributed by atoms with Gasteiger partial charge in [-0.05, 0) is 50.6 Å². The van der Waals surface area contributed by atoms with Gasteiger partial charge >= 0.3 is 6.09 Å². The van der Waals surface area contributed by atoms with E-state index in [1.807, 2.05) is 0 Å². The molecular formula is C21H20ClFN2O3. The lowest BCUT2D eigenvalue weighted by Crippen LogP contribution is -2.28. The molecule has 1 N–H and O–H groups in total. The Kier molecular flexibility index (Phi) is 5.42. The number of carbonyl (C=O) groups is 1. The Bertz CT molecular complexity index is 1100. The summed E-state index contributed by atoms with van der Waals surface area (Å²) in [6.45, 7) is 5.40. The van der Waals surface area contributed by atoms with Crippen molar-refractivity contribution in [3.63, 3.8) is 0 Å². The molecule has 0 aliphatic rings. The van der Waals surface area contributed by atoms with Gasteiger partial charge in [0.2, 0.25) is 0 Å². The summed E-state index contributed by atoms with van der Waals surface area (Å²) in [5.41, 5.74) is 0.337. The van der Waals surface area contributed by atoms with Crippen LogP contribution in [-0.2, 0) is 11.3 Å². The number of benzene rings is 2. The average Bonchev–Trinajstić information content (AvgIpc) is 2.58. The summed E-state index contributed by atoms with van der Waals surface area (Å²) in [5.74, 6) is -0.577. The summed E-state index contributed by atoms with van der Waals surface area (Å²) < 4.78 is 21.4. The van der Waals surface area contributed by atoms with Crippen LogP contribution >= 0.6 is 11.6 Å². The second-order valence-electron chi connectivity index (χ2n) is 7.37. The van der Waals surface area contributed by atoms with E-state index in [1.165, 1.54) is 12.1 Å².